The van der Waals surface area contributed by atoms with Crippen LogP contribution in [0.25, 0.3) is 10.2 Å². The highest BCUT2D eigenvalue weighted by atomic mass is 32.1. The first kappa shape index (κ1) is 18.6. The lowest BCUT2D eigenvalue weighted by Gasteiger charge is -2.24. The molecule has 0 fully saturated rings. The van der Waals surface area contributed by atoms with Gasteiger partial charge in [0, 0.05) is 13.1 Å². The summed E-state index contributed by atoms with van der Waals surface area (Å²) in [4.78, 5) is 21.8. The van der Waals surface area contributed by atoms with Crippen molar-refractivity contribution in [3.8, 4) is 0 Å². The second-order valence-corrected chi connectivity index (χ2v) is 7.40. The van der Waals surface area contributed by atoms with E-state index >= 15 is 0 Å². The van der Waals surface area contributed by atoms with Gasteiger partial charge in [0.2, 0.25) is 0 Å². The Morgan fingerprint density at radius 2 is 1.96 bits per heavy atom. The second kappa shape index (κ2) is 8.01. The molecular weight excluding hydrogens is 346 g/mol. The Morgan fingerprint density at radius 1 is 1.19 bits per heavy atom. The van der Waals surface area contributed by atoms with Crippen molar-refractivity contribution in [3.63, 3.8) is 0 Å². The van der Waals surface area contributed by atoms with Gasteiger partial charge >= 0.3 is 0 Å². The number of hydrogen-bond acceptors (Lipinski definition) is 5. The highest BCUT2D eigenvalue weighted by Gasteiger charge is 2.24. The molecule has 0 N–H and O–H groups in total. The molecule has 26 heavy (non-hydrogen) atoms. The number of carbonyl (C=O) groups is 1. The van der Waals surface area contributed by atoms with Crippen LogP contribution in [0, 0.1) is 13.8 Å². The number of rotatable bonds is 7. The van der Waals surface area contributed by atoms with Crippen LogP contribution in [0.1, 0.15) is 35.5 Å². The number of likely N-dealkylation sites (N-methyl/N-ethyl adjacent to an activating group) is 1. The van der Waals surface area contributed by atoms with Gasteiger partial charge in [0.15, 0.2) is 10.9 Å². The van der Waals surface area contributed by atoms with Crippen LogP contribution in [-0.4, -0.2) is 42.0 Å². The number of benzene rings is 1. The molecule has 2 heterocycles. The summed E-state index contributed by atoms with van der Waals surface area (Å²) in [7, 11) is 0. The average molecular weight is 372 g/mol. The molecular formula is C20H25N3O2S. The van der Waals surface area contributed by atoms with Crippen molar-refractivity contribution in [1.82, 2.24) is 9.88 Å². The van der Waals surface area contributed by atoms with Crippen LogP contribution in [0.2, 0.25) is 0 Å². The largest absolute Gasteiger partial charge is 0.459 e. The van der Waals surface area contributed by atoms with Gasteiger partial charge in [0.1, 0.15) is 0 Å². The van der Waals surface area contributed by atoms with Crippen molar-refractivity contribution in [2.24, 2.45) is 0 Å². The molecule has 0 radical (unpaired) electrons. The summed E-state index contributed by atoms with van der Waals surface area (Å²) in [5.74, 6) is 0.201. The van der Waals surface area contributed by atoms with Crippen molar-refractivity contribution in [1.29, 1.82) is 0 Å². The van der Waals surface area contributed by atoms with E-state index in [9.17, 15) is 4.79 Å². The topological polar surface area (TPSA) is 49.6 Å². The third-order valence-electron chi connectivity index (χ3n) is 4.56. The molecule has 3 rings (SSSR count). The Kier molecular flexibility index (Phi) is 5.74. The number of hydrogen-bond donors (Lipinski definition) is 0. The summed E-state index contributed by atoms with van der Waals surface area (Å²) in [6, 6.07) is 7.70. The number of nitrogens with zero attached hydrogens (tertiary/aromatic N) is 3. The smallest absolute Gasteiger partial charge is 0.295 e. The molecule has 138 valence electrons. The van der Waals surface area contributed by atoms with Gasteiger partial charge in [-0.2, -0.15) is 0 Å². The van der Waals surface area contributed by atoms with E-state index in [4.69, 9.17) is 9.40 Å². The van der Waals surface area contributed by atoms with Gasteiger partial charge < -0.3 is 9.32 Å². The lowest BCUT2D eigenvalue weighted by Crippen LogP contribution is -2.38. The number of carbonyl (C=O) groups excluding carboxylic acids is 1. The molecule has 0 aliphatic carbocycles. The Bertz CT molecular complexity index is 882. The Balaban J connectivity index is 1.96. The second-order valence-electron chi connectivity index (χ2n) is 6.39. The Hall–Kier alpha value is -2.18. The summed E-state index contributed by atoms with van der Waals surface area (Å²) in [5.41, 5.74) is 3.31. The minimum atomic E-state index is -0.143. The SMILES string of the molecule is CCN(CC)CCN(C(=O)c1ccco1)c1nc2c(C)cc(C)cc2s1. The first-order valence-electron chi connectivity index (χ1n) is 8.99. The lowest BCUT2D eigenvalue weighted by atomic mass is 10.1. The van der Waals surface area contributed by atoms with Gasteiger partial charge in [-0.15, -0.1) is 0 Å². The molecule has 1 aromatic carbocycles. The lowest BCUT2D eigenvalue weighted by molar-refractivity contribution is 0.0957. The molecule has 0 unspecified atom stereocenters. The Labute approximate surface area is 158 Å². The van der Waals surface area contributed by atoms with Crippen molar-refractivity contribution in [2.45, 2.75) is 27.7 Å². The van der Waals surface area contributed by atoms with Gasteiger partial charge in [-0.05, 0) is 56.3 Å². The Morgan fingerprint density at radius 3 is 2.62 bits per heavy atom. The molecule has 0 aliphatic heterocycles. The third-order valence-corrected chi connectivity index (χ3v) is 5.59. The summed E-state index contributed by atoms with van der Waals surface area (Å²) in [6.07, 6.45) is 1.53. The fraction of sp³-hybridized carbons (Fsp3) is 0.400. The molecule has 6 heteroatoms. The number of furan rings is 1. The number of aryl methyl sites for hydroxylation is 2. The quantitative estimate of drug-likeness (QED) is 0.614. The van der Waals surface area contributed by atoms with Crippen LogP contribution in [0.3, 0.4) is 0 Å². The maximum Gasteiger partial charge on any atom is 0.295 e. The number of amides is 1. The first-order valence-corrected chi connectivity index (χ1v) is 9.80. The normalized spacial score (nSPS) is 11.4. The highest BCUT2D eigenvalue weighted by Crippen LogP contribution is 2.32. The number of thiazole rings is 1. The van der Waals surface area contributed by atoms with Crippen LogP contribution in [0.5, 0.6) is 0 Å². The van der Waals surface area contributed by atoms with Gasteiger partial charge in [0.05, 0.1) is 16.5 Å². The summed E-state index contributed by atoms with van der Waals surface area (Å²) in [6.45, 7) is 11.7. The number of aromatic nitrogens is 1. The molecule has 0 bridgehead atoms. The maximum atomic E-state index is 13.0. The molecule has 0 spiro atoms. The van der Waals surface area contributed by atoms with Crippen molar-refractivity contribution < 1.29 is 9.21 Å². The first-order chi connectivity index (χ1) is 12.5. The standard InChI is InChI=1S/C20H25N3O2S/c1-5-22(6-2)9-10-23(19(24)16-8-7-11-25-16)20-21-18-15(4)12-14(3)13-17(18)26-20/h7-8,11-13H,5-6,9-10H2,1-4H3. The van der Waals surface area contributed by atoms with Crippen molar-refractivity contribution >= 4 is 32.6 Å². The molecule has 2 aromatic heterocycles. The van der Waals surface area contributed by atoms with E-state index in [2.05, 4.69) is 44.7 Å². The van der Waals surface area contributed by atoms with Gasteiger partial charge in [0.25, 0.3) is 5.91 Å². The van der Waals surface area contributed by atoms with E-state index < -0.39 is 0 Å². The zero-order chi connectivity index (χ0) is 18.7. The van der Waals surface area contributed by atoms with Crippen LogP contribution in [-0.2, 0) is 0 Å². The molecule has 1 amide bonds. The molecule has 0 saturated carbocycles. The molecule has 0 aliphatic rings. The van der Waals surface area contributed by atoms with E-state index in [-0.39, 0.29) is 5.91 Å². The summed E-state index contributed by atoms with van der Waals surface area (Å²) < 4.78 is 6.46. The molecule has 0 saturated heterocycles. The van der Waals surface area contributed by atoms with E-state index in [1.165, 1.54) is 11.8 Å². The zero-order valence-corrected chi connectivity index (χ0v) is 16.6. The summed E-state index contributed by atoms with van der Waals surface area (Å²) >= 11 is 1.56. The number of anilines is 1. The van der Waals surface area contributed by atoms with Gasteiger partial charge in [-0.3, -0.25) is 9.69 Å². The predicted molar refractivity (Wildman–Crippen MR) is 107 cm³/mol. The molecule has 3 aromatic rings. The third kappa shape index (κ3) is 3.81. The van der Waals surface area contributed by atoms with Gasteiger partial charge in [-0.25, -0.2) is 4.98 Å². The van der Waals surface area contributed by atoms with Gasteiger partial charge in [-0.1, -0.05) is 31.3 Å². The zero-order valence-electron chi connectivity index (χ0n) is 15.8. The van der Waals surface area contributed by atoms with Crippen LogP contribution in [0.15, 0.2) is 34.9 Å². The van der Waals surface area contributed by atoms with E-state index in [0.717, 1.165) is 40.5 Å². The van der Waals surface area contributed by atoms with Crippen LogP contribution >= 0.6 is 11.3 Å². The monoisotopic (exact) mass is 371 g/mol. The average Bonchev–Trinajstić information content (AvgIpc) is 3.28. The van der Waals surface area contributed by atoms with E-state index in [1.54, 1.807) is 28.4 Å². The summed E-state index contributed by atoms with van der Waals surface area (Å²) in [5, 5.41) is 0.724. The maximum absolute atomic E-state index is 13.0. The van der Waals surface area contributed by atoms with Crippen molar-refractivity contribution in [3.05, 3.63) is 47.4 Å². The minimum absolute atomic E-state index is 0.143. The van der Waals surface area contributed by atoms with Crippen LogP contribution in [0.4, 0.5) is 5.13 Å². The van der Waals surface area contributed by atoms with E-state index in [0.29, 0.717) is 12.3 Å². The van der Waals surface area contributed by atoms with E-state index in [1.807, 2.05) is 0 Å². The fourth-order valence-electron chi connectivity index (χ4n) is 3.07. The predicted octanol–water partition coefficient (Wildman–Crippen LogP) is 4.49. The van der Waals surface area contributed by atoms with Crippen LogP contribution < -0.4 is 4.90 Å². The number of fused-ring (bicyclic) bond motifs is 1. The molecule has 5 nitrogen and oxygen atoms in total. The van der Waals surface area contributed by atoms with Crippen molar-refractivity contribution in [2.75, 3.05) is 31.1 Å². The minimum Gasteiger partial charge on any atom is -0.459 e. The highest BCUT2D eigenvalue weighted by molar-refractivity contribution is 7.22. The fourth-order valence-corrected chi connectivity index (χ4v) is 4.24. The molecule has 0 atom stereocenters.